The maximum atomic E-state index is 12.9. The van der Waals surface area contributed by atoms with E-state index in [4.69, 9.17) is 0 Å². The number of thioether (sulfide) groups is 1. The van der Waals surface area contributed by atoms with Gasteiger partial charge >= 0.3 is 0 Å². The molecule has 0 radical (unpaired) electrons. The van der Waals surface area contributed by atoms with Crippen molar-refractivity contribution >= 4 is 56.5 Å². The third kappa shape index (κ3) is 3.24. The second-order valence-corrected chi connectivity index (χ2v) is 8.20. The summed E-state index contributed by atoms with van der Waals surface area (Å²) in [4.78, 5) is 31.2. The molecule has 0 bridgehead atoms. The fourth-order valence-electron chi connectivity index (χ4n) is 3.25. The number of hydrogen-bond acceptors (Lipinski definition) is 5. The van der Waals surface area contributed by atoms with Crippen LogP contribution in [0.5, 0.6) is 0 Å². The molecule has 0 fully saturated rings. The van der Waals surface area contributed by atoms with Crippen LogP contribution in [0.4, 0.5) is 11.4 Å². The van der Waals surface area contributed by atoms with Crippen molar-refractivity contribution in [2.75, 3.05) is 23.0 Å². The lowest BCUT2D eigenvalue weighted by atomic mass is 10.0. The lowest BCUT2D eigenvalue weighted by Gasteiger charge is -2.15. The molecular formula is C20H17N3O2S2. The first-order valence-corrected chi connectivity index (χ1v) is 10.4. The highest BCUT2D eigenvalue weighted by Gasteiger charge is 2.35. The van der Waals surface area contributed by atoms with E-state index in [2.05, 4.69) is 16.9 Å². The largest absolute Gasteiger partial charge is 0.325 e. The average Bonchev–Trinajstić information content (AvgIpc) is 3.28. The summed E-state index contributed by atoms with van der Waals surface area (Å²) in [5.41, 5.74) is 3.19. The number of anilines is 2. The van der Waals surface area contributed by atoms with Gasteiger partial charge in [-0.05, 0) is 42.2 Å². The highest BCUT2D eigenvalue weighted by atomic mass is 32.2. The second-order valence-electron chi connectivity index (χ2n) is 6.12. The summed E-state index contributed by atoms with van der Waals surface area (Å²) < 4.78 is 2.09. The van der Waals surface area contributed by atoms with Crippen LogP contribution in [0.1, 0.15) is 11.5 Å². The topological polar surface area (TPSA) is 62.3 Å². The Morgan fingerprint density at radius 3 is 2.93 bits per heavy atom. The van der Waals surface area contributed by atoms with Gasteiger partial charge < -0.3 is 10.2 Å². The van der Waals surface area contributed by atoms with Crippen LogP contribution in [-0.2, 0) is 9.59 Å². The van der Waals surface area contributed by atoms with Crippen LogP contribution in [0.25, 0.3) is 10.2 Å². The minimum Gasteiger partial charge on any atom is -0.325 e. The number of nitrogens with one attached hydrogen (secondary N) is 1. The van der Waals surface area contributed by atoms with E-state index in [1.54, 1.807) is 28.0 Å². The molecule has 3 aromatic rings. The van der Waals surface area contributed by atoms with Gasteiger partial charge in [0.05, 0.1) is 16.1 Å². The number of benzene rings is 2. The van der Waals surface area contributed by atoms with Gasteiger partial charge in [-0.2, -0.15) is 0 Å². The van der Waals surface area contributed by atoms with Crippen LogP contribution < -0.4 is 10.2 Å². The number of thiazole rings is 1. The molecule has 1 aliphatic heterocycles. The number of rotatable bonds is 4. The lowest BCUT2D eigenvalue weighted by molar-refractivity contribution is -0.117. The van der Waals surface area contributed by atoms with Gasteiger partial charge in [0.1, 0.15) is 0 Å². The molecule has 1 aliphatic rings. The van der Waals surface area contributed by atoms with Crippen LogP contribution in [-0.4, -0.2) is 29.6 Å². The number of amides is 2. The van der Waals surface area contributed by atoms with Gasteiger partial charge in [-0.1, -0.05) is 36.5 Å². The van der Waals surface area contributed by atoms with E-state index >= 15 is 0 Å². The summed E-state index contributed by atoms with van der Waals surface area (Å²) in [5, 5.41) is 2.98. The molecule has 2 aromatic carbocycles. The summed E-state index contributed by atoms with van der Waals surface area (Å²) in [5.74, 6) is -0.759. The maximum absolute atomic E-state index is 12.9. The Balaban J connectivity index is 1.60. The van der Waals surface area contributed by atoms with Gasteiger partial charge in [-0.25, -0.2) is 4.98 Å². The molecule has 0 saturated carbocycles. The molecule has 1 N–H and O–H groups in total. The zero-order chi connectivity index (χ0) is 19.0. The van der Waals surface area contributed by atoms with Crippen molar-refractivity contribution in [1.82, 2.24) is 4.98 Å². The van der Waals surface area contributed by atoms with E-state index in [1.165, 1.54) is 6.08 Å². The zero-order valence-electron chi connectivity index (χ0n) is 14.6. The molecule has 2 amide bonds. The van der Waals surface area contributed by atoms with E-state index in [0.29, 0.717) is 12.2 Å². The van der Waals surface area contributed by atoms with E-state index in [-0.39, 0.29) is 11.8 Å². The highest BCUT2D eigenvalue weighted by Crippen LogP contribution is 2.37. The fraction of sp³-hybridized carbons (Fsp3) is 0.150. The molecule has 0 spiro atoms. The van der Waals surface area contributed by atoms with Crippen molar-refractivity contribution in [2.24, 2.45) is 0 Å². The van der Waals surface area contributed by atoms with Gasteiger partial charge in [-0.3, -0.25) is 9.59 Å². The molecular weight excluding hydrogens is 378 g/mol. The Bertz CT molecular complexity index is 1060. The Morgan fingerprint density at radius 2 is 2.15 bits per heavy atom. The summed E-state index contributed by atoms with van der Waals surface area (Å²) in [6.07, 6.45) is 3.27. The van der Waals surface area contributed by atoms with Gasteiger partial charge in [0.25, 0.3) is 0 Å². The number of aromatic nitrogens is 1. The number of hydrogen-bond donors (Lipinski definition) is 1. The normalized spacial score (nSPS) is 15.6. The molecule has 1 atom stereocenters. The van der Waals surface area contributed by atoms with Crippen molar-refractivity contribution in [1.29, 1.82) is 0 Å². The number of carbonyl (C=O) groups excluding carboxylic acids is 2. The fourth-order valence-corrected chi connectivity index (χ4v) is 4.72. The molecule has 4 rings (SSSR count). The molecule has 136 valence electrons. The summed E-state index contributed by atoms with van der Waals surface area (Å²) >= 11 is 3.24. The first kappa shape index (κ1) is 17.8. The van der Waals surface area contributed by atoms with E-state index < -0.39 is 5.92 Å². The molecule has 5 nitrogen and oxygen atoms in total. The Labute approximate surface area is 165 Å². The summed E-state index contributed by atoms with van der Waals surface area (Å²) in [7, 11) is 0. The van der Waals surface area contributed by atoms with Gasteiger partial charge in [0.15, 0.2) is 4.34 Å². The third-order valence-corrected chi connectivity index (χ3v) is 6.56. The van der Waals surface area contributed by atoms with Gasteiger partial charge in [-0.15, -0.1) is 11.3 Å². The number of carbonyl (C=O) groups is 2. The van der Waals surface area contributed by atoms with Crippen LogP contribution in [0.15, 0.2) is 59.5 Å². The van der Waals surface area contributed by atoms with Gasteiger partial charge in [0.2, 0.25) is 11.8 Å². The minimum absolute atomic E-state index is 0.138. The highest BCUT2D eigenvalue weighted by molar-refractivity contribution is 8.00. The van der Waals surface area contributed by atoms with Crippen molar-refractivity contribution < 1.29 is 9.59 Å². The average molecular weight is 396 g/mol. The monoisotopic (exact) mass is 395 g/mol. The number of fused-ring (bicyclic) bond motifs is 2. The molecule has 1 aromatic heterocycles. The predicted octanol–water partition coefficient (Wildman–Crippen LogP) is 4.27. The number of para-hydroxylation sites is 1. The van der Waals surface area contributed by atoms with Crippen LogP contribution in [0, 0.1) is 0 Å². The standard InChI is InChI=1S/C20H17N3O2S2/c1-3-18(24)23-11-14(13-6-4-5-7-16(13)23)19(25)21-12-8-9-17-15(10-12)22-20(26-2)27-17/h3-10,14H,1,11H2,2H3,(H,21,25). The first-order chi connectivity index (χ1) is 13.1. The van der Waals surface area contributed by atoms with E-state index in [0.717, 1.165) is 25.8 Å². The van der Waals surface area contributed by atoms with Crippen LogP contribution in [0.3, 0.4) is 0 Å². The van der Waals surface area contributed by atoms with Crippen molar-refractivity contribution in [3.63, 3.8) is 0 Å². The lowest BCUT2D eigenvalue weighted by Crippen LogP contribution is -2.31. The summed E-state index contributed by atoms with van der Waals surface area (Å²) in [6, 6.07) is 13.2. The summed E-state index contributed by atoms with van der Waals surface area (Å²) in [6.45, 7) is 3.87. The zero-order valence-corrected chi connectivity index (χ0v) is 16.3. The van der Waals surface area contributed by atoms with E-state index in [1.807, 2.05) is 48.7 Å². The molecule has 1 unspecified atom stereocenters. The quantitative estimate of drug-likeness (QED) is 0.529. The van der Waals surface area contributed by atoms with Crippen molar-refractivity contribution in [3.05, 3.63) is 60.7 Å². The molecule has 7 heteroatoms. The number of nitrogens with zero attached hydrogens (tertiary/aromatic N) is 2. The van der Waals surface area contributed by atoms with Gasteiger partial charge in [0, 0.05) is 17.9 Å². The van der Waals surface area contributed by atoms with E-state index in [9.17, 15) is 9.59 Å². The molecule has 2 heterocycles. The first-order valence-electron chi connectivity index (χ1n) is 8.39. The molecule has 27 heavy (non-hydrogen) atoms. The Kier molecular flexibility index (Phi) is 4.72. The second kappa shape index (κ2) is 7.17. The Hall–Kier alpha value is -2.64. The van der Waals surface area contributed by atoms with Crippen LogP contribution >= 0.6 is 23.1 Å². The smallest absolute Gasteiger partial charge is 0.250 e. The van der Waals surface area contributed by atoms with Crippen molar-refractivity contribution in [2.45, 2.75) is 10.3 Å². The molecule has 0 aliphatic carbocycles. The third-order valence-electron chi connectivity index (χ3n) is 4.54. The molecule has 0 saturated heterocycles. The predicted molar refractivity (Wildman–Crippen MR) is 112 cm³/mol. The minimum atomic E-state index is -0.419. The maximum Gasteiger partial charge on any atom is 0.250 e. The SMILES string of the molecule is C=CC(=O)N1CC(C(=O)Nc2ccc3sc(SC)nc3c2)c2ccccc21. The van der Waals surface area contributed by atoms with Crippen LogP contribution in [0.2, 0.25) is 0 Å². The Morgan fingerprint density at radius 1 is 1.33 bits per heavy atom. The van der Waals surface area contributed by atoms with Crippen molar-refractivity contribution in [3.8, 4) is 0 Å².